The van der Waals surface area contributed by atoms with Crippen molar-refractivity contribution >= 4 is 17.7 Å². The van der Waals surface area contributed by atoms with Gasteiger partial charge >= 0.3 is 0 Å². The van der Waals surface area contributed by atoms with Crippen molar-refractivity contribution in [3.8, 4) is 0 Å². The number of rotatable bonds is 5. The van der Waals surface area contributed by atoms with E-state index in [4.69, 9.17) is 4.74 Å². The number of nitrogens with zero attached hydrogens (tertiary/aromatic N) is 2. The van der Waals surface area contributed by atoms with E-state index in [1.54, 1.807) is 24.3 Å². The molecule has 2 aliphatic heterocycles. The maximum absolute atomic E-state index is 12.6. The molecule has 2 heterocycles. The number of amides is 3. The lowest BCUT2D eigenvalue weighted by Gasteiger charge is -2.33. The maximum atomic E-state index is 12.6. The normalized spacial score (nSPS) is 19.1. The van der Waals surface area contributed by atoms with Crippen molar-refractivity contribution in [2.45, 2.75) is 18.9 Å². The van der Waals surface area contributed by atoms with Gasteiger partial charge in [0, 0.05) is 19.5 Å². The first-order chi connectivity index (χ1) is 13.6. The molecule has 0 aromatic heterocycles. The lowest BCUT2D eigenvalue weighted by atomic mass is 10.1. The summed E-state index contributed by atoms with van der Waals surface area (Å²) in [4.78, 5) is 40.4. The Morgan fingerprint density at radius 3 is 2.29 bits per heavy atom. The summed E-state index contributed by atoms with van der Waals surface area (Å²) < 4.78 is 5.80. The second kappa shape index (κ2) is 7.94. The first-order valence-electron chi connectivity index (χ1n) is 9.54. The molecule has 3 amide bonds. The molecule has 0 spiro atoms. The Balaban J connectivity index is 1.30. The third kappa shape index (κ3) is 3.55. The second-order valence-electron chi connectivity index (χ2n) is 7.02. The molecule has 0 saturated carbocycles. The van der Waals surface area contributed by atoms with Crippen molar-refractivity contribution in [3.63, 3.8) is 0 Å². The average molecular weight is 378 g/mol. The fraction of sp³-hybridized carbons (Fsp3) is 0.318. The standard InChI is InChI=1S/C22H22N2O4/c25-20(23-13-14-28-19(15-23)16-7-2-1-3-8-16)11-6-12-24-21(26)17-9-4-5-10-18(17)22(24)27/h1-5,7-10,19H,6,11-15H2. The van der Waals surface area contributed by atoms with Gasteiger partial charge in [-0.1, -0.05) is 42.5 Å². The van der Waals surface area contributed by atoms with Crippen LogP contribution in [0.2, 0.25) is 0 Å². The molecule has 2 aliphatic rings. The quantitative estimate of drug-likeness (QED) is 0.751. The summed E-state index contributed by atoms with van der Waals surface area (Å²) in [6.45, 7) is 1.85. The van der Waals surface area contributed by atoms with Gasteiger partial charge in [0.05, 0.1) is 24.3 Å². The van der Waals surface area contributed by atoms with Gasteiger partial charge in [0.15, 0.2) is 0 Å². The molecule has 1 atom stereocenters. The SMILES string of the molecule is O=C(CCCN1C(=O)c2ccccc2C1=O)N1CCOC(c2ccccc2)C1. The molecule has 1 unspecified atom stereocenters. The molecule has 4 rings (SSSR count). The van der Waals surface area contributed by atoms with Gasteiger partial charge < -0.3 is 9.64 Å². The number of benzene rings is 2. The Kier molecular flexibility index (Phi) is 5.21. The predicted molar refractivity (Wildman–Crippen MR) is 103 cm³/mol. The highest BCUT2D eigenvalue weighted by molar-refractivity contribution is 6.21. The summed E-state index contributed by atoms with van der Waals surface area (Å²) in [7, 11) is 0. The number of fused-ring (bicyclic) bond motifs is 1. The number of carbonyl (C=O) groups excluding carboxylic acids is 3. The van der Waals surface area contributed by atoms with E-state index in [9.17, 15) is 14.4 Å². The zero-order valence-electron chi connectivity index (χ0n) is 15.5. The van der Waals surface area contributed by atoms with Crippen molar-refractivity contribution in [1.82, 2.24) is 9.80 Å². The summed E-state index contributed by atoms with van der Waals surface area (Å²) in [5, 5.41) is 0. The molecular formula is C22H22N2O4. The molecule has 0 bridgehead atoms. The van der Waals surface area contributed by atoms with E-state index in [0.717, 1.165) is 5.56 Å². The van der Waals surface area contributed by atoms with Gasteiger partial charge in [0.25, 0.3) is 11.8 Å². The van der Waals surface area contributed by atoms with E-state index >= 15 is 0 Å². The molecule has 1 saturated heterocycles. The monoisotopic (exact) mass is 378 g/mol. The second-order valence-corrected chi connectivity index (χ2v) is 7.02. The van der Waals surface area contributed by atoms with Gasteiger partial charge in [-0.25, -0.2) is 0 Å². The highest BCUT2D eigenvalue weighted by Crippen LogP contribution is 2.24. The third-order valence-corrected chi connectivity index (χ3v) is 5.24. The van der Waals surface area contributed by atoms with Gasteiger partial charge in [-0.05, 0) is 24.1 Å². The topological polar surface area (TPSA) is 66.9 Å². The molecule has 2 aromatic rings. The Morgan fingerprint density at radius 1 is 0.964 bits per heavy atom. The molecule has 144 valence electrons. The first kappa shape index (κ1) is 18.4. The van der Waals surface area contributed by atoms with Gasteiger partial charge in [0.2, 0.25) is 5.91 Å². The number of carbonyl (C=O) groups is 3. The molecule has 0 N–H and O–H groups in total. The van der Waals surface area contributed by atoms with Gasteiger partial charge in [0.1, 0.15) is 6.10 Å². The smallest absolute Gasteiger partial charge is 0.261 e. The fourth-order valence-corrected chi connectivity index (χ4v) is 3.73. The minimum Gasteiger partial charge on any atom is -0.370 e. The van der Waals surface area contributed by atoms with Crippen molar-refractivity contribution in [1.29, 1.82) is 0 Å². The van der Waals surface area contributed by atoms with Gasteiger partial charge in [-0.2, -0.15) is 0 Å². The number of hydrogen-bond acceptors (Lipinski definition) is 4. The highest BCUT2D eigenvalue weighted by atomic mass is 16.5. The van der Waals surface area contributed by atoms with E-state index in [1.165, 1.54) is 4.90 Å². The minimum absolute atomic E-state index is 0.0286. The lowest BCUT2D eigenvalue weighted by Crippen LogP contribution is -2.42. The number of hydrogen-bond donors (Lipinski definition) is 0. The van der Waals surface area contributed by atoms with Gasteiger partial charge in [-0.3, -0.25) is 19.3 Å². The summed E-state index contributed by atoms with van der Waals surface area (Å²) in [5.74, 6) is -0.520. The molecule has 6 heteroatoms. The van der Waals surface area contributed by atoms with Crippen LogP contribution >= 0.6 is 0 Å². The van der Waals surface area contributed by atoms with Crippen LogP contribution in [0, 0.1) is 0 Å². The van der Waals surface area contributed by atoms with Crippen LogP contribution in [0.4, 0.5) is 0 Å². The van der Waals surface area contributed by atoms with Crippen molar-refractivity contribution < 1.29 is 19.1 Å². The van der Waals surface area contributed by atoms with Crippen LogP contribution in [0.25, 0.3) is 0 Å². The van der Waals surface area contributed by atoms with Crippen LogP contribution in [0.5, 0.6) is 0 Å². The average Bonchev–Trinajstić information content (AvgIpc) is 2.99. The van der Waals surface area contributed by atoms with E-state index in [2.05, 4.69) is 0 Å². The van der Waals surface area contributed by atoms with Crippen LogP contribution in [-0.2, 0) is 9.53 Å². The van der Waals surface area contributed by atoms with Crippen LogP contribution in [-0.4, -0.2) is 53.8 Å². The van der Waals surface area contributed by atoms with Gasteiger partial charge in [-0.15, -0.1) is 0 Å². The molecule has 0 aliphatic carbocycles. The number of morpholine rings is 1. The van der Waals surface area contributed by atoms with Crippen LogP contribution < -0.4 is 0 Å². The zero-order chi connectivity index (χ0) is 19.5. The Labute approximate surface area is 163 Å². The van der Waals surface area contributed by atoms with Crippen molar-refractivity contribution in [2.75, 3.05) is 26.2 Å². The van der Waals surface area contributed by atoms with E-state index < -0.39 is 0 Å². The molecular weight excluding hydrogens is 356 g/mol. The molecule has 0 radical (unpaired) electrons. The van der Waals surface area contributed by atoms with Crippen molar-refractivity contribution in [2.24, 2.45) is 0 Å². The number of imide groups is 1. The largest absolute Gasteiger partial charge is 0.370 e. The molecule has 6 nitrogen and oxygen atoms in total. The third-order valence-electron chi connectivity index (χ3n) is 5.24. The van der Waals surface area contributed by atoms with E-state index in [1.807, 2.05) is 35.2 Å². The summed E-state index contributed by atoms with van der Waals surface area (Å²) >= 11 is 0. The molecule has 2 aromatic carbocycles. The molecule has 1 fully saturated rings. The summed E-state index contributed by atoms with van der Waals surface area (Å²) in [5.41, 5.74) is 1.95. The Morgan fingerprint density at radius 2 is 1.61 bits per heavy atom. The minimum atomic E-state index is -0.274. The van der Waals surface area contributed by atoms with Crippen LogP contribution in [0.1, 0.15) is 45.2 Å². The Bertz CT molecular complexity index is 861. The lowest BCUT2D eigenvalue weighted by molar-refractivity contribution is -0.139. The number of ether oxygens (including phenoxy) is 1. The van der Waals surface area contributed by atoms with Crippen molar-refractivity contribution in [3.05, 3.63) is 71.3 Å². The predicted octanol–water partition coefficient (Wildman–Crippen LogP) is 2.66. The highest BCUT2D eigenvalue weighted by Gasteiger charge is 2.34. The van der Waals surface area contributed by atoms with Crippen LogP contribution in [0.15, 0.2) is 54.6 Å². The van der Waals surface area contributed by atoms with E-state index in [0.29, 0.717) is 43.7 Å². The Hall–Kier alpha value is -2.99. The summed E-state index contributed by atoms with van der Waals surface area (Å²) in [6, 6.07) is 16.7. The first-order valence-corrected chi connectivity index (χ1v) is 9.54. The van der Waals surface area contributed by atoms with E-state index in [-0.39, 0.29) is 30.4 Å². The molecule has 28 heavy (non-hydrogen) atoms. The maximum Gasteiger partial charge on any atom is 0.261 e. The van der Waals surface area contributed by atoms with Crippen LogP contribution in [0.3, 0.4) is 0 Å². The zero-order valence-corrected chi connectivity index (χ0v) is 15.5. The fourth-order valence-electron chi connectivity index (χ4n) is 3.73. The summed E-state index contributed by atoms with van der Waals surface area (Å²) in [6.07, 6.45) is 0.641.